The molecule has 0 aliphatic heterocycles. The molecule has 0 unspecified atom stereocenters. The van der Waals surface area contributed by atoms with E-state index in [1.165, 1.54) is 83.1 Å². The summed E-state index contributed by atoms with van der Waals surface area (Å²) < 4.78 is 27.2. The molecule has 2 aliphatic rings. The first-order chi connectivity index (χ1) is 13.2. The molecule has 0 saturated heterocycles. The predicted molar refractivity (Wildman–Crippen MR) is 110 cm³/mol. The van der Waals surface area contributed by atoms with Crippen LogP contribution in [-0.2, 0) is 0 Å². The summed E-state index contributed by atoms with van der Waals surface area (Å²) in [5.41, 5.74) is 0.738. The van der Waals surface area contributed by atoms with Gasteiger partial charge in [-0.05, 0) is 73.8 Å². The fourth-order valence-corrected chi connectivity index (χ4v) is 5.72. The number of benzene rings is 1. The zero-order chi connectivity index (χ0) is 19.1. The van der Waals surface area contributed by atoms with Crippen LogP contribution in [0.1, 0.15) is 108 Å². The fraction of sp³-hybridized carbons (Fsp3) is 0.760. The van der Waals surface area contributed by atoms with E-state index < -0.39 is 5.82 Å². The molecule has 2 aliphatic carbocycles. The maximum absolute atomic E-state index is 14.1. The van der Waals surface area contributed by atoms with Crippen LogP contribution < -0.4 is 0 Å². The van der Waals surface area contributed by atoms with Gasteiger partial charge in [0.15, 0.2) is 0 Å². The van der Waals surface area contributed by atoms with Gasteiger partial charge in [0.05, 0.1) is 0 Å². The van der Waals surface area contributed by atoms with E-state index in [2.05, 4.69) is 6.92 Å². The number of rotatable bonds is 8. The summed E-state index contributed by atoms with van der Waals surface area (Å²) >= 11 is 0. The monoisotopic (exact) mass is 376 g/mol. The van der Waals surface area contributed by atoms with Crippen molar-refractivity contribution in [1.82, 2.24) is 0 Å². The normalized spacial score (nSPS) is 29.0. The minimum Gasteiger partial charge on any atom is -0.207 e. The van der Waals surface area contributed by atoms with Crippen molar-refractivity contribution in [1.29, 1.82) is 0 Å². The van der Waals surface area contributed by atoms with Gasteiger partial charge >= 0.3 is 0 Å². The molecule has 0 aromatic heterocycles. The standard InChI is InChI=1S/C25H38F2/c1-2-3-4-5-6-7-19-8-10-20(11-9-19)21-12-14-22(15-13-21)24-17-16-23(26)18-25(24)27/h16-22H,2-15H2,1H3/t19-,20-,21?,22?. The molecule has 0 N–H and O–H groups in total. The van der Waals surface area contributed by atoms with E-state index in [0.29, 0.717) is 5.92 Å². The Balaban J connectivity index is 1.37. The lowest BCUT2D eigenvalue weighted by atomic mass is 9.68. The Kier molecular flexibility index (Phi) is 8.15. The molecule has 152 valence electrons. The third-order valence-corrected chi connectivity index (χ3v) is 7.45. The van der Waals surface area contributed by atoms with Gasteiger partial charge in [-0.1, -0.05) is 64.4 Å². The Morgan fingerprint density at radius 3 is 2.04 bits per heavy atom. The van der Waals surface area contributed by atoms with E-state index in [4.69, 9.17) is 0 Å². The molecule has 1 aromatic carbocycles. The van der Waals surface area contributed by atoms with Crippen molar-refractivity contribution in [2.45, 2.75) is 103 Å². The zero-order valence-electron chi connectivity index (χ0n) is 17.2. The highest BCUT2D eigenvalue weighted by Gasteiger charge is 2.31. The molecule has 0 amide bonds. The van der Waals surface area contributed by atoms with E-state index >= 15 is 0 Å². The van der Waals surface area contributed by atoms with Crippen LogP contribution in [0.2, 0.25) is 0 Å². The quantitative estimate of drug-likeness (QED) is 0.399. The molecular formula is C25H38F2. The summed E-state index contributed by atoms with van der Waals surface area (Å²) in [5.74, 6) is 2.20. The van der Waals surface area contributed by atoms with Crippen molar-refractivity contribution >= 4 is 0 Å². The molecule has 0 atom stereocenters. The summed E-state index contributed by atoms with van der Waals surface area (Å²) in [7, 11) is 0. The summed E-state index contributed by atoms with van der Waals surface area (Å²) in [4.78, 5) is 0. The largest absolute Gasteiger partial charge is 0.207 e. The molecule has 1 aromatic rings. The molecule has 27 heavy (non-hydrogen) atoms. The van der Waals surface area contributed by atoms with Gasteiger partial charge in [0.2, 0.25) is 0 Å². The lowest BCUT2D eigenvalue weighted by Gasteiger charge is -2.38. The van der Waals surface area contributed by atoms with Gasteiger partial charge < -0.3 is 0 Å². The van der Waals surface area contributed by atoms with Crippen LogP contribution >= 0.6 is 0 Å². The van der Waals surface area contributed by atoms with Crippen molar-refractivity contribution in [3.63, 3.8) is 0 Å². The van der Waals surface area contributed by atoms with Gasteiger partial charge in [0.1, 0.15) is 11.6 Å². The van der Waals surface area contributed by atoms with Gasteiger partial charge in [0, 0.05) is 6.07 Å². The van der Waals surface area contributed by atoms with Crippen LogP contribution in [0.25, 0.3) is 0 Å². The highest BCUT2D eigenvalue weighted by atomic mass is 19.1. The van der Waals surface area contributed by atoms with Crippen molar-refractivity contribution in [2.75, 3.05) is 0 Å². The Hall–Kier alpha value is -0.920. The average Bonchev–Trinajstić information content (AvgIpc) is 2.69. The Labute approximate surface area is 165 Å². The lowest BCUT2D eigenvalue weighted by Crippen LogP contribution is -2.25. The second kappa shape index (κ2) is 10.6. The van der Waals surface area contributed by atoms with Gasteiger partial charge in [-0.3, -0.25) is 0 Å². The molecule has 0 bridgehead atoms. The second-order valence-corrected chi connectivity index (χ2v) is 9.26. The summed E-state index contributed by atoms with van der Waals surface area (Å²) in [6, 6.07) is 4.13. The van der Waals surface area contributed by atoms with Gasteiger partial charge in [-0.2, -0.15) is 0 Å². The Morgan fingerprint density at radius 2 is 1.41 bits per heavy atom. The zero-order valence-corrected chi connectivity index (χ0v) is 17.2. The number of hydrogen-bond acceptors (Lipinski definition) is 0. The molecule has 2 saturated carbocycles. The second-order valence-electron chi connectivity index (χ2n) is 9.26. The SMILES string of the molecule is CCCCCCC[C@H]1CC[C@H](C2CCC(c3ccc(F)cc3F)CC2)CC1. The smallest absolute Gasteiger partial charge is 0.129 e. The van der Waals surface area contributed by atoms with E-state index in [0.717, 1.165) is 42.2 Å². The van der Waals surface area contributed by atoms with E-state index in [-0.39, 0.29) is 5.82 Å². The van der Waals surface area contributed by atoms with Crippen LogP contribution in [-0.4, -0.2) is 0 Å². The molecule has 0 heterocycles. The number of unbranched alkanes of at least 4 members (excludes halogenated alkanes) is 4. The van der Waals surface area contributed by atoms with E-state index in [9.17, 15) is 8.78 Å². The van der Waals surface area contributed by atoms with Crippen molar-refractivity contribution in [3.05, 3.63) is 35.4 Å². The van der Waals surface area contributed by atoms with Crippen LogP contribution in [0, 0.1) is 29.4 Å². The summed E-state index contributed by atoms with van der Waals surface area (Å²) in [6.45, 7) is 2.28. The van der Waals surface area contributed by atoms with Crippen molar-refractivity contribution < 1.29 is 8.78 Å². The van der Waals surface area contributed by atoms with Gasteiger partial charge in [-0.25, -0.2) is 8.78 Å². The highest BCUT2D eigenvalue weighted by Crippen LogP contribution is 2.44. The third-order valence-electron chi connectivity index (χ3n) is 7.45. The molecule has 2 fully saturated rings. The third kappa shape index (κ3) is 6.03. The molecule has 0 spiro atoms. The van der Waals surface area contributed by atoms with Crippen LogP contribution in [0.5, 0.6) is 0 Å². The average molecular weight is 377 g/mol. The lowest BCUT2D eigenvalue weighted by molar-refractivity contribution is 0.155. The minimum absolute atomic E-state index is 0.293. The first-order valence-electron chi connectivity index (χ1n) is 11.6. The topological polar surface area (TPSA) is 0 Å². The molecule has 2 heteroatoms. The van der Waals surface area contributed by atoms with Crippen molar-refractivity contribution in [2.24, 2.45) is 17.8 Å². The Bertz CT molecular complexity index is 551. The number of halogens is 2. The summed E-state index contributed by atoms with van der Waals surface area (Å²) in [6.07, 6.45) is 18.8. The van der Waals surface area contributed by atoms with E-state index in [1.54, 1.807) is 6.07 Å². The molecular weight excluding hydrogens is 338 g/mol. The first kappa shape index (κ1) is 20.8. The highest BCUT2D eigenvalue weighted by molar-refractivity contribution is 5.23. The molecule has 0 nitrogen and oxygen atoms in total. The van der Waals surface area contributed by atoms with E-state index in [1.807, 2.05) is 0 Å². The summed E-state index contributed by atoms with van der Waals surface area (Å²) in [5, 5.41) is 0. The minimum atomic E-state index is -0.466. The first-order valence-corrected chi connectivity index (χ1v) is 11.6. The van der Waals surface area contributed by atoms with Gasteiger partial charge in [0.25, 0.3) is 0 Å². The molecule has 3 rings (SSSR count). The van der Waals surface area contributed by atoms with Gasteiger partial charge in [-0.15, -0.1) is 0 Å². The van der Waals surface area contributed by atoms with Crippen LogP contribution in [0.15, 0.2) is 18.2 Å². The molecule has 0 radical (unpaired) electrons. The number of hydrogen-bond donors (Lipinski definition) is 0. The van der Waals surface area contributed by atoms with Crippen LogP contribution in [0.4, 0.5) is 8.78 Å². The predicted octanol–water partition coefficient (Wildman–Crippen LogP) is 8.41. The van der Waals surface area contributed by atoms with Crippen molar-refractivity contribution in [3.8, 4) is 0 Å². The fourth-order valence-electron chi connectivity index (χ4n) is 5.72. The maximum Gasteiger partial charge on any atom is 0.129 e. The Morgan fingerprint density at radius 1 is 0.778 bits per heavy atom. The van der Waals surface area contributed by atoms with Crippen LogP contribution in [0.3, 0.4) is 0 Å². The maximum atomic E-state index is 14.1.